The van der Waals surface area contributed by atoms with E-state index in [1.54, 1.807) is 6.07 Å². The maximum atomic E-state index is 13.3. The monoisotopic (exact) mass is 390 g/mol. The molecule has 8 heteroatoms. The third-order valence-electron chi connectivity index (χ3n) is 4.81. The van der Waals surface area contributed by atoms with E-state index in [4.69, 9.17) is 0 Å². The number of anilines is 1. The van der Waals surface area contributed by atoms with E-state index in [9.17, 15) is 19.7 Å². The van der Waals surface area contributed by atoms with Crippen molar-refractivity contribution in [1.29, 1.82) is 0 Å². The number of carbonyl (C=O) groups is 2. The molecule has 2 amide bonds. The molecule has 28 heavy (non-hydrogen) atoms. The van der Waals surface area contributed by atoms with Crippen molar-refractivity contribution in [2.75, 3.05) is 37.6 Å². The first-order valence-corrected chi connectivity index (χ1v) is 10.1. The summed E-state index contributed by atoms with van der Waals surface area (Å²) in [6.45, 7) is 6.47. The highest BCUT2D eigenvalue weighted by Crippen LogP contribution is 2.29. The Bertz CT molecular complexity index is 701. The molecule has 2 rings (SSSR count). The van der Waals surface area contributed by atoms with E-state index in [-0.39, 0.29) is 24.0 Å². The quantitative estimate of drug-likeness (QED) is 0.517. The molecule has 8 nitrogen and oxygen atoms in total. The van der Waals surface area contributed by atoms with E-state index in [1.807, 2.05) is 13.8 Å². The van der Waals surface area contributed by atoms with Crippen molar-refractivity contribution < 1.29 is 14.5 Å². The number of piperidine rings is 1. The van der Waals surface area contributed by atoms with Gasteiger partial charge < -0.3 is 15.1 Å². The fourth-order valence-corrected chi connectivity index (χ4v) is 3.41. The average molecular weight is 390 g/mol. The summed E-state index contributed by atoms with van der Waals surface area (Å²) in [6, 6.07) is 4.45. The summed E-state index contributed by atoms with van der Waals surface area (Å²) in [5.74, 6) is -0.550. The normalized spacial score (nSPS) is 13.9. The van der Waals surface area contributed by atoms with Crippen LogP contribution in [-0.4, -0.2) is 54.4 Å². The molecule has 0 saturated carbocycles. The fourth-order valence-electron chi connectivity index (χ4n) is 3.41. The maximum Gasteiger partial charge on any atom is 0.270 e. The Labute approximate surface area is 166 Å². The number of hydrogen-bond acceptors (Lipinski definition) is 5. The molecule has 1 aliphatic heterocycles. The van der Waals surface area contributed by atoms with Crippen LogP contribution in [0.3, 0.4) is 0 Å². The van der Waals surface area contributed by atoms with Gasteiger partial charge in [-0.1, -0.05) is 13.8 Å². The topological polar surface area (TPSA) is 95.8 Å². The molecule has 1 aromatic rings. The molecule has 1 fully saturated rings. The zero-order valence-corrected chi connectivity index (χ0v) is 16.8. The van der Waals surface area contributed by atoms with E-state index in [2.05, 4.69) is 10.2 Å². The molecule has 1 aromatic carbocycles. The predicted octanol–water partition coefficient (Wildman–Crippen LogP) is 2.96. The summed E-state index contributed by atoms with van der Waals surface area (Å²) in [5.41, 5.74) is 0.897. The van der Waals surface area contributed by atoms with Crippen LogP contribution in [0.2, 0.25) is 0 Å². The standard InChI is InChI=1S/C20H30N4O4/c1-3-10-21-19(25)15-23(11-4-2)20(26)17-14-16(24(27)28)8-9-18(17)22-12-6-5-7-13-22/h8-9,14H,3-7,10-13,15H2,1-2H3,(H,21,25). The van der Waals surface area contributed by atoms with Gasteiger partial charge in [-0.2, -0.15) is 0 Å². The average Bonchev–Trinajstić information content (AvgIpc) is 2.71. The van der Waals surface area contributed by atoms with Crippen LogP contribution in [0.1, 0.15) is 56.3 Å². The molecule has 0 aromatic heterocycles. The van der Waals surface area contributed by atoms with Gasteiger partial charge in [0.15, 0.2) is 0 Å². The van der Waals surface area contributed by atoms with Crippen LogP contribution in [0.4, 0.5) is 11.4 Å². The molecule has 0 aliphatic carbocycles. The van der Waals surface area contributed by atoms with Crippen LogP contribution in [0.5, 0.6) is 0 Å². The van der Waals surface area contributed by atoms with Gasteiger partial charge in [-0.3, -0.25) is 19.7 Å². The molecule has 0 unspecified atom stereocenters. The van der Waals surface area contributed by atoms with E-state index in [0.29, 0.717) is 30.8 Å². The van der Waals surface area contributed by atoms with Crippen LogP contribution in [-0.2, 0) is 4.79 Å². The Morgan fingerprint density at radius 1 is 1.18 bits per heavy atom. The minimum absolute atomic E-state index is 0.0468. The van der Waals surface area contributed by atoms with E-state index in [0.717, 1.165) is 38.8 Å². The van der Waals surface area contributed by atoms with Crippen molar-refractivity contribution >= 4 is 23.2 Å². The van der Waals surface area contributed by atoms with Crippen LogP contribution in [0.25, 0.3) is 0 Å². The molecule has 1 heterocycles. The number of carbonyl (C=O) groups excluding carboxylic acids is 2. The zero-order valence-electron chi connectivity index (χ0n) is 16.8. The number of nitro benzene ring substituents is 1. The Morgan fingerprint density at radius 3 is 2.50 bits per heavy atom. The minimum atomic E-state index is -0.491. The van der Waals surface area contributed by atoms with Crippen molar-refractivity contribution in [1.82, 2.24) is 10.2 Å². The summed E-state index contributed by atoms with van der Waals surface area (Å²) >= 11 is 0. The number of nitro groups is 1. The number of benzene rings is 1. The minimum Gasteiger partial charge on any atom is -0.371 e. The molecular formula is C20H30N4O4. The number of nitrogens with zero attached hydrogens (tertiary/aromatic N) is 3. The number of amides is 2. The number of non-ortho nitro benzene ring substituents is 1. The van der Waals surface area contributed by atoms with Crippen LogP contribution >= 0.6 is 0 Å². The van der Waals surface area contributed by atoms with Crippen molar-refractivity contribution in [2.45, 2.75) is 46.0 Å². The van der Waals surface area contributed by atoms with Gasteiger partial charge >= 0.3 is 0 Å². The van der Waals surface area contributed by atoms with Gasteiger partial charge in [-0.25, -0.2) is 0 Å². The van der Waals surface area contributed by atoms with E-state index >= 15 is 0 Å². The molecule has 0 spiro atoms. The highest BCUT2D eigenvalue weighted by molar-refractivity contribution is 6.02. The molecule has 1 N–H and O–H groups in total. The zero-order chi connectivity index (χ0) is 20.5. The van der Waals surface area contributed by atoms with Crippen molar-refractivity contribution in [2.24, 2.45) is 0 Å². The lowest BCUT2D eigenvalue weighted by atomic mass is 10.1. The smallest absolute Gasteiger partial charge is 0.270 e. The Kier molecular flexibility index (Phi) is 8.22. The van der Waals surface area contributed by atoms with Gasteiger partial charge in [0.2, 0.25) is 5.91 Å². The van der Waals surface area contributed by atoms with Crippen molar-refractivity contribution in [3.05, 3.63) is 33.9 Å². The number of nitrogens with one attached hydrogen (secondary N) is 1. The molecule has 154 valence electrons. The number of rotatable bonds is 9. The van der Waals surface area contributed by atoms with E-state index in [1.165, 1.54) is 17.0 Å². The predicted molar refractivity (Wildman–Crippen MR) is 109 cm³/mol. The first-order chi connectivity index (χ1) is 13.5. The summed E-state index contributed by atoms with van der Waals surface area (Å²) in [4.78, 5) is 39.8. The summed E-state index contributed by atoms with van der Waals surface area (Å²) in [7, 11) is 0. The van der Waals surface area contributed by atoms with Crippen molar-refractivity contribution in [3.63, 3.8) is 0 Å². The molecule has 1 aliphatic rings. The first kappa shape index (κ1) is 21.7. The molecule has 0 bridgehead atoms. The lowest BCUT2D eigenvalue weighted by Crippen LogP contribution is -2.42. The molecule has 1 saturated heterocycles. The molecule has 0 atom stereocenters. The van der Waals surface area contributed by atoms with Crippen LogP contribution in [0, 0.1) is 10.1 Å². The summed E-state index contributed by atoms with van der Waals surface area (Å²) in [5, 5.41) is 14.0. The SMILES string of the molecule is CCCNC(=O)CN(CCC)C(=O)c1cc([N+](=O)[O-])ccc1N1CCCCC1. The van der Waals surface area contributed by atoms with Crippen molar-refractivity contribution in [3.8, 4) is 0 Å². The maximum absolute atomic E-state index is 13.3. The highest BCUT2D eigenvalue weighted by atomic mass is 16.6. The first-order valence-electron chi connectivity index (χ1n) is 10.1. The van der Waals surface area contributed by atoms with Gasteiger partial charge in [0, 0.05) is 38.3 Å². The largest absolute Gasteiger partial charge is 0.371 e. The van der Waals surface area contributed by atoms with E-state index < -0.39 is 4.92 Å². The Balaban J connectivity index is 2.33. The highest BCUT2D eigenvalue weighted by Gasteiger charge is 2.26. The van der Waals surface area contributed by atoms with Gasteiger partial charge in [0.05, 0.1) is 22.7 Å². The van der Waals surface area contributed by atoms with Gasteiger partial charge in [0.25, 0.3) is 11.6 Å². The molecule has 0 radical (unpaired) electrons. The van der Waals surface area contributed by atoms with Gasteiger partial charge in [0.1, 0.15) is 0 Å². The second-order valence-electron chi connectivity index (χ2n) is 7.08. The Hall–Kier alpha value is -2.64. The van der Waals surface area contributed by atoms with Gasteiger partial charge in [-0.15, -0.1) is 0 Å². The summed E-state index contributed by atoms with van der Waals surface area (Å²) < 4.78 is 0. The fraction of sp³-hybridized carbons (Fsp3) is 0.600. The lowest BCUT2D eigenvalue weighted by molar-refractivity contribution is -0.384. The third kappa shape index (κ3) is 5.68. The third-order valence-corrected chi connectivity index (χ3v) is 4.81. The Morgan fingerprint density at radius 2 is 1.89 bits per heavy atom. The summed E-state index contributed by atoms with van der Waals surface area (Å²) in [6.07, 6.45) is 4.72. The second kappa shape index (κ2) is 10.6. The molecular weight excluding hydrogens is 360 g/mol. The lowest BCUT2D eigenvalue weighted by Gasteiger charge is -2.31. The van der Waals surface area contributed by atoms with Crippen LogP contribution < -0.4 is 10.2 Å². The van der Waals surface area contributed by atoms with Gasteiger partial charge in [-0.05, 0) is 38.2 Å². The number of hydrogen-bond donors (Lipinski definition) is 1. The second-order valence-corrected chi connectivity index (χ2v) is 7.08. The van der Waals surface area contributed by atoms with Crippen LogP contribution in [0.15, 0.2) is 18.2 Å².